The van der Waals surface area contributed by atoms with Crippen LogP contribution in [0.5, 0.6) is 5.75 Å². The Kier molecular flexibility index (Phi) is 4.25. The Morgan fingerprint density at radius 2 is 2.28 bits per heavy atom. The number of benzene rings is 1. The van der Waals surface area contributed by atoms with Crippen LogP contribution in [0.15, 0.2) is 16.6 Å². The molecule has 18 heavy (non-hydrogen) atoms. The van der Waals surface area contributed by atoms with Crippen molar-refractivity contribution < 1.29 is 9.13 Å². The predicted molar refractivity (Wildman–Crippen MR) is 73.2 cm³/mol. The molecule has 0 aromatic heterocycles. The molecule has 1 fully saturated rings. The lowest BCUT2D eigenvalue weighted by Gasteiger charge is -2.22. The Morgan fingerprint density at radius 3 is 2.83 bits per heavy atom. The van der Waals surface area contributed by atoms with Crippen LogP contribution in [-0.4, -0.2) is 32.1 Å². The highest BCUT2D eigenvalue weighted by atomic mass is 79.9. The molecule has 1 heterocycles. The summed E-state index contributed by atoms with van der Waals surface area (Å²) >= 11 is 3.34. The van der Waals surface area contributed by atoms with Crippen molar-refractivity contribution in [2.45, 2.75) is 12.5 Å². The summed E-state index contributed by atoms with van der Waals surface area (Å²) in [5.41, 5.74) is 6.62. The number of nitrogens with two attached hydrogens (primary N) is 1. The Hall–Kier alpha value is -0.650. The second-order valence-corrected chi connectivity index (χ2v) is 5.72. The van der Waals surface area contributed by atoms with E-state index in [0.717, 1.165) is 23.0 Å². The fourth-order valence-electron chi connectivity index (χ4n) is 2.68. The summed E-state index contributed by atoms with van der Waals surface area (Å²) in [5, 5.41) is 0. The molecule has 0 bridgehead atoms. The van der Waals surface area contributed by atoms with E-state index in [9.17, 15) is 4.39 Å². The summed E-state index contributed by atoms with van der Waals surface area (Å²) in [5.74, 6) is 0.478. The number of hydrogen-bond acceptors (Lipinski definition) is 3. The summed E-state index contributed by atoms with van der Waals surface area (Å²) in [6, 6.07) is 3.53. The number of ether oxygens (including phenoxy) is 1. The highest BCUT2D eigenvalue weighted by molar-refractivity contribution is 9.10. The maximum Gasteiger partial charge on any atom is 0.166 e. The highest BCUT2D eigenvalue weighted by Crippen LogP contribution is 2.40. The molecule has 1 saturated heterocycles. The summed E-state index contributed by atoms with van der Waals surface area (Å²) in [4.78, 5) is 2.21. The van der Waals surface area contributed by atoms with Crippen molar-refractivity contribution in [3.63, 3.8) is 0 Å². The second kappa shape index (κ2) is 5.55. The van der Waals surface area contributed by atoms with Crippen molar-refractivity contribution in [1.82, 2.24) is 4.90 Å². The lowest BCUT2D eigenvalue weighted by Crippen LogP contribution is -2.21. The molecule has 1 aromatic rings. The molecule has 1 aromatic carbocycles. The minimum Gasteiger partial charge on any atom is -0.493 e. The quantitative estimate of drug-likeness (QED) is 0.931. The minimum atomic E-state index is -0.327. The average molecular weight is 317 g/mol. The fraction of sp³-hybridized carbons (Fsp3) is 0.538. The first-order valence-corrected chi connectivity index (χ1v) is 6.79. The van der Waals surface area contributed by atoms with E-state index in [4.69, 9.17) is 10.5 Å². The monoisotopic (exact) mass is 316 g/mol. The number of likely N-dealkylation sites (tertiary alicyclic amines) is 1. The molecular formula is C13H18BrFN2O. The zero-order chi connectivity index (χ0) is 13.3. The molecule has 1 aliphatic rings. The van der Waals surface area contributed by atoms with Crippen LogP contribution in [0.4, 0.5) is 4.39 Å². The number of methoxy groups -OCH3 is 1. The van der Waals surface area contributed by atoms with Gasteiger partial charge in [0.05, 0.1) is 7.11 Å². The van der Waals surface area contributed by atoms with Gasteiger partial charge in [-0.3, -0.25) is 4.90 Å². The van der Waals surface area contributed by atoms with Crippen LogP contribution in [0.3, 0.4) is 0 Å². The third-order valence-electron chi connectivity index (χ3n) is 3.57. The molecule has 5 heteroatoms. The van der Waals surface area contributed by atoms with Crippen LogP contribution < -0.4 is 10.5 Å². The van der Waals surface area contributed by atoms with Gasteiger partial charge in [-0.15, -0.1) is 0 Å². The van der Waals surface area contributed by atoms with Gasteiger partial charge in [0.25, 0.3) is 0 Å². The molecule has 0 aliphatic carbocycles. The third-order valence-corrected chi connectivity index (χ3v) is 4.03. The largest absolute Gasteiger partial charge is 0.493 e. The Labute approximate surface area is 115 Å². The first kappa shape index (κ1) is 13.8. The molecule has 0 spiro atoms. The number of rotatable bonds is 3. The van der Waals surface area contributed by atoms with Crippen LogP contribution in [0.2, 0.25) is 0 Å². The maximum absolute atomic E-state index is 13.9. The molecule has 1 aliphatic heterocycles. The van der Waals surface area contributed by atoms with Crippen LogP contribution in [0.1, 0.15) is 18.0 Å². The third kappa shape index (κ3) is 2.53. The fourth-order valence-corrected chi connectivity index (χ4v) is 3.13. The van der Waals surface area contributed by atoms with E-state index in [1.54, 1.807) is 0 Å². The smallest absolute Gasteiger partial charge is 0.166 e. The normalized spacial score (nSPS) is 24.5. The first-order valence-electron chi connectivity index (χ1n) is 6.00. The highest BCUT2D eigenvalue weighted by Gasteiger charge is 2.32. The van der Waals surface area contributed by atoms with Gasteiger partial charge in [-0.05, 0) is 38.1 Å². The molecule has 0 amide bonds. The molecule has 2 unspecified atom stereocenters. The second-order valence-electron chi connectivity index (χ2n) is 4.80. The van der Waals surface area contributed by atoms with Gasteiger partial charge in [0.15, 0.2) is 11.6 Å². The van der Waals surface area contributed by atoms with Crippen molar-refractivity contribution in [2.75, 3.05) is 27.2 Å². The van der Waals surface area contributed by atoms with Gasteiger partial charge in [-0.2, -0.15) is 0 Å². The van der Waals surface area contributed by atoms with Gasteiger partial charge < -0.3 is 10.5 Å². The summed E-state index contributed by atoms with van der Waals surface area (Å²) < 4.78 is 19.8. The van der Waals surface area contributed by atoms with E-state index in [-0.39, 0.29) is 11.9 Å². The van der Waals surface area contributed by atoms with Crippen molar-refractivity contribution in [3.05, 3.63) is 28.0 Å². The lowest BCUT2D eigenvalue weighted by molar-refractivity contribution is 0.298. The van der Waals surface area contributed by atoms with Gasteiger partial charge in [0.2, 0.25) is 0 Å². The molecule has 2 N–H and O–H groups in total. The van der Waals surface area contributed by atoms with E-state index in [2.05, 4.69) is 20.8 Å². The van der Waals surface area contributed by atoms with Gasteiger partial charge >= 0.3 is 0 Å². The zero-order valence-corrected chi connectivity index (χ0v) is 12.2. The number of halogens is 2. The Bertz CT molecular complexity index is 441. The molecule has 2 rings (SSSR count). The number of hydrogen-bond donors (Lipinski definition) is 1. The Balaban J connectivity index is 2.38. The standard InChI is InChI=1S/C13H18BrFN2O/c1-17-7-8(6-16)3-12(17)10-4-9(14)5-11(15)13(10)18-2/h4-5,8,12H,3,6-7,16H2,1-2H3. The topological polar surface area (TPSA) is 38.5 Å². The average Bonchev–Trinajstić information content (AvgIpc) is 2.69. The van der Waals surface area contributed by atoms with E-state index in [1.165, 1.54) is 13.2 Å². The minimum absolute atomic E-state index is 0.167. The van der Waals surface area contributed by atoms with Crippen LogP contribution >= 0.6 is 15.9 Å². The van der Waals surface area contributed by atoms with Crippen molar-refractivity contribution in [3.8, 4) is 5.75 Å². The van der Waals surface area contributed by atoms with Crippen LogP contribution in [0, 0.1) is 11.7 Å². The van der Waals surface area contributed by atoms with Crippen LogP contribution in [-0.2, 0) is 0 Å². The van der Waals surface area contributed by atoms with Gasteiger partial charge in [-0.25, -0.2) is 4.39 Å². The van der Waals surface area contributed by atoms with Gasteiger partial charge in [-0.1, -0.05) is 15.9 Å². The molecular weight excluding hydrogens is 299 g/mol. The van der Waals surface area contributed by atoms with E-state index < -0.39 is 0 Å². The van der Waals surface area contributed by atoms with Crippen LogP contribution in [0.25, 0.3) is 0 Å². The van der Waals surface area contributed by atoms with Crippen molar-refractivity contribution >= 4 is 15.9 Å². The van der Waals surface area contributed by atoms with Gasteiger partial charge in [0, 0.05) is 22.6 Å². The van der Waals surface area contributed by atoms with Gasteiger partial charge in [0.1, 0.15) is 0 Å². The number of nitrogens with zero attached hydrogens (tertiary/aromatic N) is 1. The predicted octanol–water partition coefficient (Wildman–Crippen LogP) is 2.55. The lowest BCUT2D eigenvalue weighted by atomic mass is 9.99. The summed E-state index contributed by atoms with van der Waals surface area (Å²) in [6.45, 7) is 1.61. The summed E-state index contributed by atoms with van der Waals surface area (Å²) in [6.07, 6.45) is 0.944. The maximum atomic E-state index is 13.9. The first-order chi connectivity index (χ1) is 8.56. The Morgan fingerprint density at radius 1 is 1.56 bits per heavy atom. The van der Waals surface area contributed by atoms with Crippen molar-refractivity contribution in [2.24, 2.45) is 11.7 Å². The van der Waals surface area contributed by atoms with E-state index in [1.807, 2.05) is 13.1 Å². The summed E-state index contributed by atoms with van der Waals surface area (Å²) in [7, 11) is 3.55. The zero-order valence-electron chi connectivity index (χ0n) is 10.6. The SMILES string of the molecule is COc1c(F)cc(Br)cc1C1CC(CN)CN1C. The van der Waals surface area contributed by atoms with Crippen molar-refractivity contribution in [1.29, 1.82) is 0 Å². The molecule has 100 valence electrons. The molecule has 3 nitrogen and oxygen atoms in total. The molecule has 2 atom stereocenters. The molecule has 0 saturated carbocycles. The van der Waals surface area contributed by atoms with E-state index in [0.29, 0.717) is 18.2 Å². The molecule has 0 radical (unpaired) electrons. The van der Waals surface area contributed by atoms with E-state index >= 15 is 0 Å².